The first-order chi connectivity index (χ1) is 15.1. The topological polar surface area (TPSA) is 92.2 Å². The summed E-state index contributed by atoms with van der Waals surface area (Å²) in [7, 11) is 0. The quantitative estimate of drug-likeness (QED) is 0.473. The number of fused-ring (bicyclic) bond motifs is 3. The van der Waals surface area contributed by atoms with E-state index in [4.69, 9.17) is 0 Å². The molecule has 0 radical (unpaired) electrons. The maximum Gasteiger partial charge on any atom is 0.281 e. The van der Waals surface area contributed by atoms with Gasteiger partial charge in [-0.25, -0.2) is 14.1 Å². The van der Waals surface area contributed by atoms with Crippen molar-refractivity contribution in [1.29, 1.82) is 0 Å². The van der Waals surface area contributed by atoms with Crippen LogP contribution in [0.1, 0.15) is 15.9 Å². The van der Waals surface area contributed by atoms with E-state index in [0.29, 0.717) is 34.3 Å². The summed E-state index contributed by atoms with van der Waals surface area (Å²) in [6.45, 7) is 0.386. The van der Waals surface area contributed by atoms with E-state index in [1.54, 1.807) is 30.3 Å². The molecule has 3 aromatic carbocycles. The van der Waals surface area contributed by atoms with Gasteiger partial charge in [0, 0.05) is 17.7 Å². The lowest BCUT2D eigenvalue weighted by molar-refractivity contribution is 0.0951. The number of halogens is 1. The molecule has 2 aromatic heterocycles. The van der Waals surface area contributed by atoms with Crippen LogP contribution in [0, 0.1) is 5.82 Å². The Hall–Kier alpha value is -4.33. The molecule has 0 saturated heterocycles. The van der Waals surface area contributed by atoms with Crippen LogP contribution >= 0.6 is 0 Å². The molecule has 0 atom stereocenters. The Morgan fingerprint density at radius 2 is 1.87 bits per heavy atom. The summed E-state index contributed by atoms with van der Waals surface area (Å²) in [5.74, 6) is -0.687. The molecular weight excluding hydrogens is 397 g/mol. The lowest BCUT2D eigenvalue weighted by Crippen LogP contribution is -2.23. The molecule has 0 saturated carbocycles. The van der Waals surface area contributed by atoms with Crippen molar-refractivity contribution >= 4 is 22.5 Å². The first-order valence-electron chi connectivity index (χ1n) is 9.59. The maximum atomic E-state index is 13.7. The third kappa shape index (κ3) is 3.44. The molecule has 8 heteroatoms. The minimum Gasteiger partial charge on any atom is -0.348 e. The molecule has 0 aliphatic carbocycles. The van der Waals surface area contributed by atoms with Crippen LogP contribution in [0.25, 0.3) is 27.8 Å². The van der Waals surface area contributed by atoms with Gasteiger partial charge in [0.05, 0.1) is 10.9 Å². The van der Waals surface area contributed by atoms with Crippen LogP contribution < -0.4 is 10.9 Å². The summed E-state index contributed by atoms with van der Waals surface area (Å²) in [6.07, 6.45) is 0. The molecule has 5 aromatic rings. The largest absolute Gasteiger partial charge is 0.348 e. The summed E-state index contributed by atoms with van der Waals surface area (Å²) < 4.78 is 15.2. The highest BCUT2D eigenvalue weighted by Gasteiger charge is 2.16. The average Bonchev–Trinajstić information content (AvgIpc) is 3.22. The average molecular weight is 413 g/mol. The fourth-order valence-electron chi connectivity index (χ4n) is 3.48. The van der Waals surface area contributed by atoms with Gasteiger partial charge in [0.15, 0.2) is 5.65 Å². The SMILES string of the molecule is O=C(NCc1ccccc1)c1ccc2c(=O)nc3c(-c4cccc(F)c4)n[nH]n3c2c1. The number of hydrogen-bond acceptors (Lipinski definition) is 4. The Bertz CT molecular complexity index is 1490. The molecule has 0 fully saturated rings. The van der Waals surface area contributed by atoms with Crippen molar-refractivity contribution in [3.63, 3.8) is 0 Å². The lowest BCUT2D eigenvalue weighted by atomic mass is 10.1. The zero-order chi connectivity index (χ0) is 21.4. The number of aromatic nitrogens is 4. The number of aromatic amines is 1. The van der Waals surface area contributed by atoms with Crippen molar-refractivity contribution in [2.24, 2.45) is 0 Å². The minimum absolute atomic E-state index is 0.255. The summed E-state index contributed by atoms with van der Waals surface area (Å²) in [5.41, 5.74) is 2.46. The molecule has 0 aliphatic heterocycles. The van der Waals surface area contributed by atoms with E-state index in [0.717, 1.165) is 5.56 Å². The third-order valence-corrected chi connectivity index (χ3v) is 5.02. The van der Waals surface area contributed by atoms with Gasteiger partial charge in [0.2, 0.25) is 0 Å². The molecule has 0 aliphatic rings. The Morgan fingerprint density at radius 1 is 1.03 bits per heavy atom. The van der Waals surface area contributed by atoms with E-state index in [2.05, 4.69) is 20.6 Å². The molecule has 2 N–H and O–H groups in total. The maximum absolute atomic E-state index is 13.7. The molecule has 0 unspecified atom stereocenters. The minimum atomic E-state index is -0.453. The number of benzene rings is 3. The summed E-state index contributed by atoms with van der Waals surface area (Å²) in [5, 5.41) is 10.2. The normalized spacial score (nSPS) is 11.1. The number of hydrogen-bond donors (Lipinski definition) is 2. The van der Waals surface area contributed by atoms with Gasteiger partial charge >= 0.3 is 0 Å². The Labute approximate surface area is 175 Å². The second-order valence-corrected chi connectivity index (χ2v) is 7.05. The molecule has 7 nitrogen and oxygen atoms in total. The molecule has 152 valence electrons. The second kappa shape index (κ2) is 7.49. The number of rotatable bonds is 4. The standard InChI is InChI=1S/C23H16FN5O2/c24-17-8-4-7-15(11-17)20-21-26-23(31)18-10-9-16(12-19(18)29(21)28-27-20)22(30)25-13-14-5-2-1-3-6-14/h1-12,28H,13H2,(H,25,30). The van der Waals surface area contributed by atoms with E-state index in [-0.39, 0.29) is 11.6 Å². The van der Waals surface area contributed by atoms with Crippen molar-refractivity contribution in [2.45, 2.75) is 6.54 Å². The van der Waals surface area contributed by atoms with Crippen LogP contribution in [0.3, 0.4) is 0 Å². The smallest absolute Gasteiger partial charge is 0.281 e. The van der Waals surface area contributed by atoms with Crippen molar-refractivity contribution in [3.8, 4) is 11.3 Å². The van der Waals surface area contributed by atoms with Gasteiger partial charge in [-0.3, -0.25) is 9.59 Å². The first kappa shape index (κ1) is 18.7. The van der Waals surface area contributed by atoms with Gasteiger partial charge in [-0.2, -0.15) is 10.1 Å². The van der Waals surface area contributed by atoms with Crippen molar-refractivity contribution in [3.05, 3.63) is 100 Å². The van der Waals surface area contributed by atoms with E-state index in [1.807, 2.05) is 30.3 Å². The number of nitrogens with zero attached hydrogens (tertiary/aromatic N) is 3. The van der Waals surface area contributed by atoms with Crippen LogP contribution in [0.2, 0.25) is 0 Å². The van der Waals surface area contributed by atoms with Gasteiger partial charge in [-0.15, -0.1) is 0 Å². The summed E-state index contributed by atoms with van der Waals surface area (Å²) >= 11 is 0. The van der Waals surface area contributed by atoms with Crippen molar-refractivity contribution < 1.29 is 9.18 Å². The number of carbonyl (C=O) groups is 1. The second-order valence-electron chi connectivity index (χ2n) is 7.05. The Balaban J connectivity index is 1.56. The van der Waals surface area contributed by atoms with E-state index in [9.17, 15) is 14.0 Å². The molecular formula is C23H16FN5O2. The molecule has 31 heavy (non-hydrogen) atoms. The van der Waals surface area contributed by atoms with Gasteiger partial charge in [0.25, 0.3) is 11.5 Å². The van der Waals surface area contributed by atoms with E-state index >= 15 is 0 Å². The molecule has 5 rings (SSSR count). The third-order valence-electron chi connectivity index (χ3n) is 5.02. The highest BCUT2D eigenvalue weighted by Crippen LogP contribution is 2.23. The summed E-state index contributed by atoms with van der Waals surface area (Å²) in [4.78, 5) is 29.4. The highest BCUT2D eigenvalue weighted by molar-refractivity contribution is 5.98. The van der Waals surface area contributed by atoms with Gasteiger partial charge in [-0.05, 0) is 35.9 Å². The predicted molar refractivity (Wildman–Crippen MR) is 114 cm³/mol. The van der Waals surface area contributed by atoms with Crippen LogP contribution in [0.15, 0.2) is 77.6 Å². The van der Waals surface area contributed by atoms with Crippen LogP contribution in [0.4, 0.5) is 4.39 Å². The van der Waals surface area contributed by atoms with Crippen molar-refractivity contribution in [2.75, 3.05) is 0 Å². The van der Waals surface area contributed by atoms with Crippen molar-refractivity contribution in [1.82, 2.24) is 25.1 Å². The van der Waals surface area contributed by atoms with Crippen LogP contribution in [0.5, 0.6) is 0 Å². The number of amides is 1. The fourth-order valence-corrected chi connectivity index (χ4v) is 3.48. The Kier molecular flexibility index (Phi) is 4.51. The molecule has 0 bridgehead atoms. The van der Waals surface area contributed by atoms with Crippen LogP contribution in [-0.2, 0) is 6.54 Å². The Morgan fingerprint density at radius 3 is 2.68 bits per heavy atom. The number of H-pyrrole nitrogens is 1. The molecule has 0 spiro atoms. The summed E-state index contributed by atoms with van der Waals surface area (Å²) in [6, 6.07) is 20.2. The molecule has 2 heterocycles. The first-order valence-corrected chi connectivity index (χ1v) is 9.59. The zero-order valence-corrected chi connectivity index (χ0v) is 16.2. The zero-order valence-electron chi connectivity index (χ0n) is 16.2. The lowest BCUT2D eigenvalue weighted by Gasteiger charge is -2.07. The highest BCUT2D eigenvalue weighted by atomic mass is 19.1. The number of nitrogens with one attached hydrogen (secondary N) is 2. The molecule has 1 amide bonds. The van der Waals surface area contributed by atoms with Gasteiger partial charge < -0.3 is 5.32 Å². The fraction of sp³-hybridized carbons (Fsp3) is 0.0435. The van der Waals surface area contributed by atoms with Gasteiger partial charge in [0.1, 0.15) is 11.5 Å². The van der Waals surface area contributed by atoms with E-state index in [1.165, 1.54) is 16.6 Å². The number of carbonyl (C=O) groups excluding carboxylic acids is 1. The van der Waals surface area contributed by atoms with Crippen LogP contribution in [-0.4, -0.2) is 25.7 Å². The predicted octanol–water partition coefficient (Wildman–Crippen LogP) is 3.31. The van der Waals surface area contributed by atoms with E-state index < -0.39 is 11.4 Å². The van der Waals surface area contributed by atoms with Gasteiger partial charge in [-0.1, -0.05) is 42.5 Å². The monoisotopic (exact) mass is 413 g/mol.